The van der Waals surface area contributed by atoms with E-state index in [1.54, 1.807) is 0 Å². The molecule has 0 fully saturated rings. The lowest BCUT2D eigenvalue weighted by molar-refractivity contribution is 1.28. The zero-order valence-corrected chi connectivity index (χ0v) is 25.6. The molecule has 0 N–H and O–H groups in total. The predicted molar refractivity (Wildman–Crippen MR) is 197 cm³/mol. The van der Waals surface area contributed by atoms with Crippen LogP contribution in [-0.4, -0.2) is 0 Å². The summed E-state index contributed by atoms with van der Waals surface area (Å²) in [7, 11) is 0. The first-order valence-corrected chi connectivity index (χ1v) is 15.6. The molecule has 0 bridgehead atoms. The highest BCUT2D eigenvalue weighted by Gasteiger charge is 2.14. The first kappa shape index (κ1) is 28.6. The van der Waals surface area contributed by atoms with Crippen molar-refractivity contribution >= 4 is 40.2 Å². The summed E-state index contributed by atoms with van der Waals surface area (Å²) < 4.78 is 0. The van der Waals surface area contributed by atoms with Crippen molar-refractivity contribution in [2.24, 2.45) is 0 Å². The normalized spacial score (nSPS) is 10.7. The number of anilines is 6. The molecule has 2 nitrogen and oxygen atoms in total. The van der Waals surface area contributed by atoms with Crippen LogP contribution < -0.4 is 9.80 Å². The van der Waals surface area contributed by atoms with Crippen molar-refractivity contribution in [2.45, 2.75) is 0 Å². The van der Waals surface area contributed by atoms with E-state index in [1.165, 1.54) is 22.3 Å². The molecule has 7 aromatic carbocycles. The number of hydrogen-bond donors (Lipinski definition) is 0. The first-order chi connectivity index (χ1) is 22.8. The Morgan fingerprint density at radius 1 is 0.283 bits per heavy atom. The lowest BCUT2D eigenvalue weighted by atomic mass is 10.0. The zero-order valence-electron chi connectivity index (χ0n) is 25.6. The van der Waals surface area contributed by atoms with E-state index in [0.717, 1.165) is 39.7 Å². The van der Waals surface area contributed by atoms with Gasteiger partial charge in [-0.05, 0) is 101 Å². The number of benzene rings is 7. The fourth-order valence-corrected chi connectivity index (χ4v) is 5.85. The third-order valence-electron chi connectivity index (χ3n) is 8.23. The molecule has 0 amide bonds. The van der Waals surface area contributed by atoms with E-state index in [-0.39, 0.29) is 0 Å². The van der Waals surface area contributed by atoms with E-state index in [2.05, 4.69) is 204 Å². The lowest BCUT2D eigenvalue weighted by Crippen LogP contribution is -2.09. The first-order valence-electron chi connectivity index (χ1n) is 15.6. The van der Waals surface area contributed by atoms with Crippen molar-refractivity contribution in [3.63, 3.8) is 0 Å². The molecule has 46 heavy (non-hydrogen) atoms. The summed E-state index contributed by atoms with van der Waals surface area (Å²) in [5, 5.41) is 0. The summed E-state index contributed by atoms with van der Waals surface area (Å²) in [5.74, 6) is 0. The van der Waals surface area contributed by atoms with Crippen molar-refractivity contribution < 1.29 is 0 Å². The highest BCUT2D eigenvalue weighted by Crippen LogP contribution is 2.38. The second-order valence-electron chi connectivity index (χ2n) is 11.1. The van der Waals surface area contributed by atoms with E-state index >= 15 is 0 Å². The van der Waals surface area contributed by atoms with Gasteiger partial charge in [0, 0.05) is 34.1 Å². The molecule has 0 saturated carbocycles. The van der Waals surface area contributed by atoms with E-state index in [0.29, 0.717) is 0 Å². The van der Waals surface area contributed by atoms with Crippen molar-refractivity contribution in [2.75, 3.05) is 9.80 Å². The van der Waals surface area contributed by atoms with Crippen LogP contribution in [0, 0.1) is 0 Å². The summed E-state index contributed by atoms with van der Waals surface area (Å²) in [4.78, 5) is 4.58. The average molecular weight is 591 g/mol. The van der Waals surface area contributed by atoms with Gasteiger partial charge in [-0.15, -0.1) is 0 Å². The molecule has 0 radical (unpaired) electrons. The molecule has 0 aliphatic rings. The second-order valence-corrected chi connectivity index (χ2v) is 11.1. The maximum Gasteiger partial charge on any atom is 0.0462 e. The van der Waals surface area contributed by atoms with E-state index in [1.807, 2.05) is 6.08 Å². The molecule has 0 aromatic heterocycles. The zero-order chi connectivity index (χ0) is 31.1. The molecule has 0 spiro atoms. The Labute approximate surface area is 271 Å². The molecule has 0 heterocycles. The van der Waals surface area contributed by atoms with Gasteiger partial charge in [0.15, 0.2) is 0 Å². The van der Waals surface area contributed by atoms with Crippen molar-refractivity contribution in [1.29, 1.82) is 0 Å². The van der Waals surface area contributed by atoms with Gasteiger partial charge in [-0.2, -0.15) is 0 Å². The van der Waals surface area contributed by atoms with Gasteiger partial charge in [0.1, 0.15) is 0 Å². The maximum atomic E-state index is 3.87. The highest BCUT2D eigenvalue weighted by molar-refractivity contribution is 5.81. The van der Waals surface area contributed by atoms with Crippen LogP contribution in [-0.2, 0) is 0 Å². The fraction of sp³-hybridized carbons (Fsp3) is 0. The molecule has 0 aliphatic heterocycles. The summed E-state index contributed by atoms with van der Waals surface area (Å²) in [6.45, 7) is 3.87. The average Bonchev–Trinajstić information content (AvgIpc) is 3.14. The van der Waals surface area contributed by atoms with Crippen LogP contribution in [0.1, 0.15) is 5.56 Å². The number of para-hydroxylation sites is 3. The van der Waals surface area contributed by atoms with Crippen molar-refractivity contribution in [3.05, 3.63) is 200 Å². The minimum absolute atomic E-state index is 1.11. The second kappa shape index (κ2) is 13.3. The molecule has 0 atom stereocenters. The number of rotatable bonds is 9. The van der Waals surface area contributed by atoms with Crippen LogP contribution in [0.3, 0.4) is 0 Å². The third-order valence-corrected chi connectivity index (χ3v) is 8.23. The van der Waals surface area contributed by atoms with Gasteiger partial charge in [-0.1, -0.05) is 128 Å². The standard InChI is InChI=1S/C44H34N2/c1-2-34-18-20-35(21-19-34)36-22-30-43(31-23-36)46(41-16-10-5-11-17-41)44-32-26-38(27-33-44)37-24-28-42(29-25-37)45(39-12-6-3-7-13-39)40-14-8-4-9-15-40/h2-33H,1H2. The Hall–Kier alpha value is -6.12. The summed E-state index contributed by atoms with van der Waals surface area (Å²) in [5.41, 5.74) is 12.6. The van der Waals surface area contributed by atoms with Crippen LogP contribution in [0.2, 0.25) is 0 Å². The largest absolute Gasteiger partial charge is 0.311 e. The Kier molecular flexibility index (Phi) is 8.25. The van der Waals surface area contributed by atoms with Gasteiger partial charge in [0.05, 0.1) is 0 Å². The van der Waals surface area contributed by atoms with Crippen LogP contribution in [0.15, 0.2) is 195 Å². The van der Waals surface area contributed by atoms with Crippen molar-refractivity contribution in [3.8, 4) is 22.3 Å². The van der Waals surface area contributed by atoms with E-state index < -0.39 is 0 Å². The molecule has 7 aromatic rings. The van der Waals surface area contributed by atoms with Gasteiger partial charge < -0.3 is 9.80 Å². The van der Waals surface area contributed by atoms with Gasteiger partial charge in [0.25, 0.3) is 0 Å². The molecule has 2 heteroatoms. The monoisotopic (exact) mass is 590 g/mol. The SMILES string of the molecule is C=Cc1ccc(-c2ccc(N(c3ccccc3)c3ccc(-c4ccc(N(c5ccccc5)c5ccccc5)cc4)cc3)cc2)cc1. The van der Waals surface area contributed by atoms with Crippen molar-refractivity contribution in [1.82, 2.24) is 0 Å². The van der Waals surface area contributed by atoms with Gasteiger partial charge in [-0.25, -0.2) is 0 Å². The van der Waals surface area contributed by atoms with Gasteiger partial charge in [-0.3, -0.25) is 0 Å². The molecule has 0 saturated heterocycles. The molecular formula is C44H34N2. The van der Waals surface area contributed by atoms with E-state index in [4.69, 9.17) is 0 Å². The molecule has 220 valence electrons. The summed E-state index contributed by atoms with van der Waals surface area (Å²) >= 11 is 0. The molecule has 0 aliphatic carbocycles. The van der Waals surface area contributed by atoms with Gasteiger partial charge in [0.2, 0.25) is 0 Å². The lowest BCUT2D eigenvalue weighted by Gasteiger charge is -2.26. The minimum atomic E-state index is 1.11. The molecule has 7 rings (SSSR count). The maximum absolute atomic E-state index is 3.87. The smallest absolute Gasteiger partial charge is 0.0462 e. The van der Waals surface area contributed by atoms with Crippen LogP contribution in [0.25, 0.3) is 28.3 Å². The Morgan fingerprint density at radius 3 is 0.783 bits per heavy atom. The summed E-state index contributed by atoms with van der Waals surface area (Å²) in [6.07, 6.45) is 1.87. The number of nitrogens with zero attached hydrogens (tertiary/aromatic N) is 2. The quantitative estimate of drug-likeness (QED) is 0.165. The van der Waals surface area contributed by atoms with Crippen LogP contribution >= 0.6 is 0 Å². The molecule has 0 unspecified atom stereocenters. The fourth-order valence-electron chi connectivity index (χ4n) is 5.85. The van der Waals surface area contributed by atoms with Crippen LogP contribution in [0.5, 0.6) is 0 Å². The Bertz CT molecular complexity index is 1960. The predicted octanol–water partition coefficient (Wildman–Crippen LogP) is 12.6. The Morgan fingerprint density at radius 2 is 0.522 bits per heavy atom. The number of hydrogen-bond acceptors (Lipinski definition) is 2. The minimum Gasteiger partial charge on any atom is -0.311 e. The molecular weight excluding hydrogens is 556 g/mol. The third kappa shape index (κ3) is 6.10. The van der Waals surface area contributed by atoms with E-state index in [9.17, 15) is 0 Å². The van der Waals surface area contributed by atoms with Crippen LogP contribution in [0.4, 0.5) is 34.1 Å². The highest BCUT2D eigenvalue weighted by atomic mass is 15.1. The topological polar surface area (TPSA) is 6.48 Å². The summed E-state index contributed by atoms with van der Waals surface area (Å²) in [6, 6.07) is 66.5. The Balaban J connectivity index is 1.17. The van der Waals surface area contributed by atoms with Gasteiger partial charge >= 0.3 is 0 Å².